The lowest BCUT2D eigenvalue weighted by Gasteiger charge is -2.37. The summed E-state index contributed by atoms with van der Waals surface area (Å²) in [6.07, 6.45) is 2.58. The van der Waals surface area contributed by atoms with Gasteiger partial charge in [-0.05, 0) is 66.5 Å². The van der Waals surface area contributed by atoms with Gasteiger partial charge in [0.15, 0.2) is 0 Å². The van der Waals surface area contributed by atoms with Gasteiger partial charge in [-0.3, -0.25) is 9.69 Å². The molecule has 1 aromatic heterocycles. The Kier molecular flexibility index (Phi) is 7.78. The zero-order valence-corrected chi connectivity index (χ0v) is 19.2. The van der Waals surface area contributed by atoms with Crippen molar-refractivity contribution in [1.82, 2.24) is 9.80 Å². The number of amides is 1. The number of ether oxygens (including phenoxy) is 2. The van der Waals surface area contributed by atoms with Crippen LogP contribution >= 0.6 is 11.3 Å². The minimum absolute atomic E-state index is 0.0415. The number of fused-ring (bicyclic) bond motifs is 1. The molecular weight excluding hydrogens is 431 g/mol. The van der Waals surface area contributed by atoms with Gasteiger partial charge in [-0.15, -0.1) is 11.3 Å². The van der Waals surface area contributed by atoms with Crippen molar-refractivity contribution in [1.29, 1.82) is 0 Å². The van der Waals surface area contributed by atoms with Gasteiger partial charge in [0, 0.05) is 31.6 Å². The molecule has 2 atom stereocenters. The molecule has 2 aromatic rings. The summed E-state index contributed by atoms with van der Waals surface area (Å²) >= 11 is 1.71. The molecule has 0 saturated heterocycles. The molecule has 4 rings (SSSR count). The Labute approximate surface area is 192 Å². The number of thiophene rings is 1. The molecule has 2 heterocycles. The molecule has 6 nitrogen and oxygen atoms in total. The number of halogens is 1. The summed E-state index contributed by atoms with van der Waals surface area (Å²) in [5.41, 5.74) is 1.13. The maximum atomic E-state index is 13.4. The monoisotopic (exact) mass is 462 g/mol. The van der Waals surface area contributed by atoms with Gasteiger partial charge in [0.1, 0.15) is 18.2 Å². The number of aliphatic hydroxyl groups excluding tert-OH is 1. The first-order valence-electron chi connectivity index (χ1n) is 11.2. The third-order valence-corrected chi connectivity index (χ3v) is 7.03. The van der Waals surface area contributed by atoms with Crippen molar-refractivity contribution in [2.24, 2.45) is 5.92 Å². The van der Waals surface area contributed by atoms with Gasteiger partial charge in [-0.2, -0.15) is 0 Å². The number of hydrogen-bond donors (Lipinski definition) is 1. The van der Waals surface area contributed by atoms with Gasteiger partial charge in [-0.25, -0.2) is 4.39 Å². The van der Waals surface area contributed by atoms with Gasteiger partial charge in [0.2, 0.25) is 5.91 Å². The predicted molar refractivity (Wildman–Crippen MR) is 121 cm³/mol. The van der Waals surface area contributed by atoms with Gasteiger partial charge in [-0.1, -0.05) is 0 Å². The Bertz CT molecular complexity index is 886. The van der Waals surface area contributed by atoms with Gasteiger partial charge >= 0.3 is 0 Å². The Balaban J connectivity index is 1.44. The third kappa shape index (κ3) is 6.07. The van der Waals surface area contributed by atoms with Crippen molar-refractivity contribution in [3.8, 4) is 5.75 Å². The van der Waals surface area contributed by atoms with Crippen LogP contribution in [0.1, 0.15) is 29.3 Å². The van der Waals surface area contributed by atoms with E-state index in [1.807, 2.05) is 4.90 Å². The number of hydrogen-bond acceptors (Lipinski definition) is 6. The largest absolute Gasteiger partial charge is 0.491 e. The van der Waals surface area contributed by atoms with Crippen LogP contribution in [0, 0.1) is 11.7 Å². The minimum atomic E-state index is -0.617. The molecule has 1 amide bonds. The summed E-state index contributed by atoms with van der Waals surface area (Å²) in [5.74, 6) is 0.928. The average Bonchev–Trinajstić information content (AvgIpc) is 3.45. The fourth-order valence-electron chi connectivity index (χ4n) is 4.28. The number of benzene rings is 1. The lowest BCUT2D eigenvalue weighted by atomic mass is 10.0. The van der Waals surface area contributed by atoms with E-state index in [2.05, 4.69) is 16.3 Å². The van der Waals surface area contributed by atoms with E-state index in [9.17, 15) is 14.3 Å². The molecule has 2 aliphatic rings. The number of methoxy groups -OCH3 is 1. The van der Waals surface area contributed by atoms with Crippen LogP contribution in [0.15, 0.2) is 35.7 Å². The molecule has 0 spiro atoms. The minimum Gasteiger partial charge on any atom is -0.491 e. The zero-order valence-electron chi connectivity index (χ0n) is 18.4. The Morgan fingerprint density at radius 3 is 2.81 bits per heavy atom. The molecule has 1 aliphatic heterocycles. The van der Waals surface area contributed by atoms with Crippen molar-refractivity contribution < 1.29 is 23.8 Å². The predicted octanol–water partition coefficient (Wildman–Crippen LogP) is 3.11. The van der Waals surface area contributed by atoms with Crippen LogP contribution in [0.25, 0.3) is 0 Å². The van der Waals surface area contributed by atoms with Crippen LogP contribution in [0.5, 0.6) is 5.75 Å². The molecule has 1 aromatic carbocycles. The summed E-state index contributed by atoms with van der Waals surface area (Å²) in [6.45, 7) is 2.72. The molecule has 0 bridgehead atoms. The smallest absolute Gasteiger partial charge is 0.237 e. The Morgan fingerprint density at radius 2 is 2.09 bits per heavy atom. The van der Waals surface area contributed by atoms with Crippen molar-refractivity contribution in [3.63, 3.8) is 0 Å². The summed E-state index contributed by atoms with van der Waals surface area (Å²) < 4.78 is 24.2. The summed E-state index contributed by atoms with van der Waals surface area (Å²) in [4.78, 5) is 18.7. The van der Waals surface area contributed by atoms with E-state index < -0.39 is 6.10 Å². The number of aliphatic hydroxyl groups is 1. The molecule has 0 radical (unpaired) electrons. The molecule has 32 heavy (non-hydrogen) atoms. The third-order valence-electron chi connectivity index (χ3n) is 6.04. The molecule has 8 heteroatoms. The highest BCUT2D eigenvalue weighted by molar-refractivity contribution is 7.10. The van der Waals surface area contributed by atoms with E-state index in [-0.39, 0.29) is 30.9 Å². The SMILES string of the molecule is COC[C@H](O)CN(CC(=O)N1CCc2sccc2[C@H]1COc1ccc(F)cc1)CC1CC1. The number of carbonyl (C=O) groups is 1. The molecule has 1 fully saturated rings. The summed E-state index contributed by atoms with van der Waals surface area (Å²) in [6, 6.07) is 7.84. The van der Waals surface area contributed by atoms with Gasteiger partial charge in [0.25, 0.3) is 0 Å². The van der Waals surface area contributed by atoms with Crippen molar-refractivity contribution in [2.75, 3.05) is 46.5 Å². The lowest BCUT2D eigenvalue weighted by Crippen LogP contribution is -2.48. The van der Waals surface area contributed by atoms with Crippen LogP contribution in [-0.2, 0) is 16.0 Å². The molecule has 1 aliphatic carbocycles. The van der Waals surface area contributed by atoms with E-state index in [0.29, 0.717) is 31.4 Å². The zero-order chi connectivity index (χ0) is 22.5. The molecule has 1 N–H and O–H groups in total. The second-order valence-corrected chi connectivity index (χ2v) is 9.66. The fourth-order valence-corrected chi connectivity index (χ4v) is 5.20. The van der Waals surface area contributed by atoms with E-state index in [0.717, 1.165) is 18.5 Å². The number of nitrogens with zero attached hydrogens (tertiary/aromatic N) is 2. The molecule has 174 valence electrons. The molecule has 0 unspecified atom stereocenters. The van der Waals surface area contributed by atoms with E-state index in [1.54, 1.807) is 30.6 Å². The van der Waals surface area contributed by atoms with Crippen LogP contribution in [0.2, 0.25) is 0 Å². The van der Waals surface area contributed by atoms with Crippen LogP contribution < -0.4 is 4.74 Å². The Morgan fingerprint density at radius 1 is 1.31 bits per heavy atom. The number of carbonyl (C=O) groups excluding carboxylic acids is 1. The summed E-state index contributed by atoms with van der Waals surface area (Å²) in [5, 5.41) is 12.3. The average molecular weight is 463 g/mol. The maximum Gasteiger partial charge on any atom is 0.237 e. The Hall–Kier alpha value is -2.00. The van der Waals surface area contributed by atoms with Crippen molar-refractivity contribution in [2.45, 2.75) is 31.4 Å². The van der Waals surface area contributed by atoms with E-state index in [1.165, 1.54) is 29.9 Å². The fraction of sp³-hybridized carbons (Fsp3) is 0.542. The van der Waals surface area contributed by atoms with Crippen LogP contribution in [-0.4, -0.2) is 73.4 Å². The van der Waals surface area contributed by atoms with E-state index in [4.69, 9.17) is 9.47 Å². The normalized spacial score (nSPS) is 19.1. The van der Waals surface area contributed by atoms with Crippen molar-refractivity contribution in [3.05, 3.63) is 52.0 Å². The summed E-state index contributed by atoms with van der Waals surface area (Å²) in [7, 11) is 1.57. The first-order chi connectivity index (χ1) is 15.5. The standard InChI is InChI=1S/C24H31FN2O4S/c1-30-15-19(28)13-26(12-17-2-3-17)14-24(29)27-10-8-23-21(9-11-32-23)22(27)16-31-20-6-4-18(25)5-7-20/h4-7,9,11,17,19,22,28H,2-3,8,10,12-16H2,1H3/t19-,22-/m1/s1. The highest BCUT2D eigenvalue weighted by Crippen LogP contribution is 2.34. The second-order valence-electron chi connectivity index (χ2n) is 8.66. The highest BCUT2D eigenvalue weighted by Gasteiger charge is 2.34. The van der Waals surface area contributed by atoms with Gasteiger partial charge < -0.3 is 19.5 Å². The first kappa shape index (κ1) is 23.2. The van der Waals surface area contributed by atoms with Crippen LogP contribution in [0.4, 0.5) is 4.39 Å². The maximum absolute atomic E-state index is 13.4. The quantitative estimate of drug-likeness (QED) is 0.556. The molecule has 1 saturated carbocycles. The van der Waals surface area contributed by atoms with Crippen LogP contribution in [0.3, 0.4) is 0 Å². The van der Waals surface area contributed by atoms with Crippen molar-refractivity contribution >= 4 is 17.2 Å². The second kappa shape index (κ2) is 10.7. The molecular formula is C24H31FN2O4S. The topological polar surface area (TPSA) is 62.2 Å². The highest BCUT2D eigenvalue weighted by atomic mass is 32.1. The number of rotatable bonds is 11. The van der Waals surface area contributed by atoms with E-state index >= 15 is 0 Å². The van der Waals surface area contributed by atoms with Gasteiger partial charge in [0.05, 0.1) is 25.3 Å². The lowest BCUT2D eigenvalue weighted by molar-refractivity contribution is -0.136. The first-order valence-corrected chi connectivity index (χ1v) is 12.0.